The van der Waals surface area contributed by atoms with Crippen molar-refractivity contribution in [3.63, 3.8) is 0 Å². The summed E-state index contributed by atoms with van der Waals surface area (Å²) < 4.78 is 5.92. The van der Waals surface area contributed by atoms with E-state index in [0.717, 1.165) is 22.3 Å². The highest BCUT2D eigenvalue weighted by Crippen LogP contribution is 2.28. The lowest BCUT2D eigenvalue weighted by Crippen LogP contribution is -2.29. The maximum Gasteiger partial charge on any atom is 0.304 e. The SMILES string of the molecule is Cc1cc(Cl)ccc1-c1cccc(COc2ccc(C(CC(=O)O)C(=O)N(C)C)cc2)c1. The summed E-state index contributed by atoms with van der Waals surface area (Å²) in [6.07, 6.45) is -0.256. The molecule has 0 spiro atoms. The lowest BCUT2D eigenvalue weighted by molar-refractivity contribution is -0.141. The Kier molecular flexibility index (Phi) is 7.54. The van der Waals surface area contributed by atoms with E-state index in [1.165, 1.54) is 4.90 Å². The maximum atomic E-state index is 12.4. The van der Waals surface area contributed by atoms with Crippen molar-refractivity contribution in [1.29, 1.82) is 0 Å². The number of rotatable bonds is 8. The van der Waals surface area contributed by atoms with Gasteiger partial charge < -0.3 is 14.7 Å². The van der Waals surface area contributed by atoms with Gasteiger partial charge in [-0.25, -0.2) is 0 Å². The number of carboxylic acids is 1. The number of carbonyl (C=O) groups is 2. The van der Waals surface area contributed by atoms with Gasteiger partial charge in [0.15, 0.2) is 0 Å². The summed E-state index contributed by atoms with van der Waals surface area (Å²) in [5.41, 5.74) is 4.99. The van der Waals surface area contributed by atoms with Crippen LogP contribution in [0.25, 0.3) is 11.1 Å². The standard InChI is InChI=1S/C26H26ClNO4/c1-17-13-21(27)9-12-23(17)20-6-4-5-18(14-20)16-32-22-10-7-19(8-11-22)24(15-25(29)30)26(31)28(2)3/h4-14,24H,15-16H2,1-3H3,(H,29,30). The summed E-state index contributed by atoms with van der Waals surface area (Å²) in [6, 6.07) is 21.0. The molecule has 0 fully saturated rings. The van der Waals surface area contributed by atoms with E-state index in [1.807, 2.05) is 37.3 Å². The molecule has 0 aromatic heterocycles. The van der Waals surface area contributed by atoms with Crippen molar-refractivity contribution < 1.29 is 19.4 Å². The van der Waals surface area contributed by atoms with Gasteiger partial charge in [0.05, 0.1) is 12.3 Å². The van der Waals surface area contributed by atoms with Crippen LogP contribution < -0.4 is 4.74 Å². The molecule has 1 atom stereocenters. The second-order valence-corrected chi connectivity index (χ2v) is 8.34. The van der Waals surface area contributed by atoms with Gasteiger partial charge in [0.2, 0.25) is 5.91 Å². The topological polar surface area (TPSA) is 66.8 Å². The van der Waals surface area contributed by atoms with Gasteiger partial charge in [-0.1, -0.05) is 48.0 Å². The number of halogens is 1. The van der Waals surface area contributed by atoms with Crippen molar-refractivity contribution in [3.8, 4) is 16.9 Å². The number of hydrogen-bond acceptors (Lipinski definition) is 3. The molecule has 0 radical (unpaired) electrons. The molecule has 6 heteroatoms. The summed E-state index contributed by atoms with van der Waals surface area (Å²) in [4.78, 5) is 25.0. The largest absolute Gasteiger partial charge is 0.489 e. The number of aliphatic carboxylic acids is 1. The normalized spacial score (nSPS) is 11.6. The molecule has 0 bridgehead atoms. The third kappa shape index (κ3) is 5.89. The number of likely N-dealkylation sites (N-methyl/N-ethyl adjacent to an activating group) is 1. The number of aryl methyl sites for hydroxylation is 1. The Bertz CT molecular complexity index is 1110. The summed E-state index contributed by atoms with van der Waals surface area (Å²) >= 11 is 6.07. The van der Waals surface area contributed by atoms with E-state index in [9.17, 15) is 14.7 Å². The highest BCUT2D eigenvalue weighted by atomic mass is 35.5. The molecular formula is C26H26ClNO4. The molecule has 0 aliphatic rings. The molecule has 0 aliphatic carbocycles. The lowest BCUT2D eigenvalue weighted by atomic mass is 9.94. The van der Waals surface area contributed by atoms with Gasteiger partial charge in [-0.15, -0.1) is 0 Å². The van der Waals surface area contributed by atoms with Gasteiger partial charge in [0, 0.05) is 19.1 Å². The zero-order valence-electron chi connectivity index (χ0n) is 18.3. The average molecular weight is 452 g/mol. The van der Waals surface area contributed by atoms with Crippen LogP contribution in [-0.4, -0.2) is 36.0 Å². The van der Waals surface area contributed by atoms with E-state index >= 15 is 0 Å². The first kappa shape index (κ1) is 23.4. The molecule has 3 rings (SSSR count). The number of hydrogen-bond donors (Lipinski definition) is 1. The molecule has 1 unspecified atom stereocenters. The Balaban J connectivity index is 1.71. The average Bonchev–Trinajstić information content (AvgIpc) is 2.76. The molecule has 3 aromatic rings. The molecule has 5 nitrogen and oxygen atoms in total. The first-order valence-electron chi connectivity index (χ1n) is 10.3. The first-order chi connectivity index (χ1) is 15.2. The second kappa shape index (κ2) is 10.3. The lowest BCUT2D eigenvalue weighted by Gasteiger charge is -2.19. The second-order valence-electron chi connectivity index (χ2n) is 7.90. The van der Waals surface area contributed by atoms with Crippen LogP contribution in [-0.2, 0) is 16.2 Å². The summed E-state index contributed by atoms with van der Waals surface area (Å²) in [6.45, 7) is 2.42. The molecule has 0 heterocycles. The molecule has 1 amide bonds. The molecule has 1 N–H and O–H groups in total. The Morgan fingerprint density at radius 3 is 2.38 bits per heavy atom. The molecule has 3 aromatic carbocycles. The quantitative estimate of drug-likeness (QED) is 0.488. The van der Waals surface area contributed by atoms with Crippen molar-refractivity contribution in [2.24, 2.45) is 0 Å². The Morgan fingerprint density at radius 1 is 1.03 bits per heavy atom. The maximum absolute atomic E-state index is 12.4. The summed E-state index contributed by atoms with van der Waals surface area (Å²) in [5, 5.41) is 9.89. The number of carboxylic acid groups (broad SMARTS) is 1. The Morgan fingerprint density at radius 2 is 1.75 bits per heavy atom. The van der Waals surface area contributed by atoms with Gasteiger partial charge in [0.25, 0.3) is 0 Å². The predicted molar refractivity (Wildman–Crippen MR) is 126 cm³/mol. The fraction of sp³-hybridized carbons (Fsp3) is 0.231. The van der Waals surface area contributed by atoms with Crippen molar-refractivity contribution in [1.82, 2.24) is 4.90 Å². The van der Waals surface area contributed by atoms with E-state index in [4.69, 9.17) is 16.3 Å². The Labute approximate surface area is 193 Å². The van der Waals surface area contributed by atoms with Crippen LogP contribution in [0.3, 0.4) is 0 Å². The van der Waals surface area contributed by atoms with Crippen molar-refractivity contribution in [2.45, 2.75) is 25.9 Å². The van der Waals surface area contributed by atoms with Crippen LogP contribution in [0.2, 0.25) is 5.02 Å². The van der Waals surface area contributed by atoms with Crippen molar-refractivity contribution in [3.05, 3.63) is 88.4 Å². The van der Waals surface area contributed by atoms with E-state index < -0.39 is 11.9 Å². The molecule has 166 valence electrons. The Hall–Kier alpha value is -3.31. The fourth-order valence-corrected chi connectivity index (χ4v) is 3.80. The monoisotopic (exact) mass is 451 g/mol. The van der Waals surface area contributed by atoms with E-state index in [1.54, 1.807) is 38.4 Å². The van der Waals surface area contributed by atoms with Crippen LogP contribution in [0.1, 0.15) is 29.0 Å². The van der Waals surface area contributed by atoms with Gasteiger partial charge >= 0.3 is 5.97 Å². The third-order valence-electron chi connectivity index (χ3n) is 5.23. The van der Waals surface area contributed by atoms with Gasteiger partial charge in [-0.2, -0.15) is 0 Å². The molecule has 0 aliphatic heterocycles. The molecule has 0 saturated carbocycles. The molecular weight excluding hydrogens is 426 g/mol. The number of ether oxygens (including phenoxy) is 1. The smallest absolute Gasteiger partial charge is 0.304 e. The molecule has 32 heavy (non-hydrogen) atoms. The highest BCUT2D eigenvalue weighted by molar-refractivity contribution is 6.30. The van der Waals surface area contributed by atoms with Crippen molar-refractivity contribution >= 4 is 23.5 Å². The zero-order chi connectivity index (χ0) is 23.3. The van der Waals surface area contributed by atoms with Crippen LogP contribution >= 0.6 is 11.6 Å². The van der Waals surface area contributed by atoms with E-state index in [-0.39, 0.29) is 12.3 Å². The molecule has 0 saturated heterocycles. The van der Waals surface area contributed by atoms with Crippen molar-refractivity contribution in [2.75, 3.05) is 14.1 Å². The first-order valence-corrected chi connectivity index (χ1v) is 10.6. The van der Waals surface area contributed by atoms with Crippen LogP contribution in [0.4, 0.5) is 0 Å². The van der Waals surface area contributed by atoms with Crippen LogP contribution in [0.15, 0.2) is 66.7 Å². The summed E-state index contributed by atoms with van der Waals surface area (Å²) in [7, 11) is 3.24. The van der Waals surface area contributed by atoms with Crippen LogP contribution in [0, 0.1) is 6.92 Å². The minimum absolute atomic E-state index is 0.240. The number of amides is 1. The van der Waals surface area contributed by atoms with E-state index in [0.29, 0.717) is 22.9 Å². The minimum Gasteiger partial charge on any atom is -0.489 e. The van der Waals surface area contributed by atoms with Gasteiger partial charge in [-0.3, -0.25) is 9.59 Å². The number of carbonyl (C=O) groups excluding carboxylic acids is 1. The summed E-state index contributed by atoms with van der Waals surface area (Å²) in [5.74, 6) is -1.33. The van der Waals surface area contributed by atoms with E-state index in [2.05, 4.69) is 12.1 Å². The van der Waals surface area contributed by atoms with Gasteiger partial charge in [0.1, 0.15) is 12.4 Å². The number of nitrogens with zero attached hydrogens (tertiary/aromatic N) is 1. The number of benzene rings is 3. The zero-order valence-corrected chi connectivity index (χ0v) is 19.1. The minimum atomic E-state index is -1.01. The van der Waals surface area contributed by atoms with Gasteiger partial charge in [-0.05, 0) is 65.1 Å². The predicted octanol–water partition coefficient (Wildman–Crippen LogP) is 5.54. The third-order valence-corrected chi connectivity index (χ3v) is 5.47. The fourth-order valence-electron chi connectivity index (χ4n) is 3.58. The highest BCUT2D eigenvalue weighted by Gasteiger charge is 2.25. The van der Waals surface area contributed by atoms with Crippen LogP contribution in [0.5, 0.6) is 5.75 Å².